The van der Waals surface area contributed by atoms with Crippen molar-refractivity contribution in [2.24, 2.45) is 4.99 Å². The number of hydrogen-bond acceptors (Lipinski definition) is 2. The highest BCUT2D eigenvalue weighted by Crippen LogP contribution is 2.39. The van der Waals surface area contributed by atoms with Crippen LogP contribution in [-0.2, 0) is 25.7 Å². The number of nitrogens with zero attached hydrogens (tertiary/aromatic N) is 1. The molecule has 2 aliphatic carbocycles. The van der Waals surface area contributed by atoms with Crippen LogP contribution in [0.4, 0.5) is 11.4 Å². The van der Waals surface area contributed by atoms with Crippen LogP contribution in [-0.4, -0.2) is 6.21 Å². The number of aryl methyl sites for hydroxylation is 2. The van der Waals surface area contributed by atoms with Crippen LogP contribution in [0.3, 0.4) is 0 Å². The van der Waals surface area contributed by atoms with Crippen molar-refractivity contribution in [2.45, 2.75) is 38.5 Å². The van der Waals surface area contributed by atoms with Gasteiger partial charge in [0.05, 0.1) is 11.4 Å². The van der Waals surface area contributed by atoms with Gasteiger partial charge in [0.25, 0.3) is 0 Å². The average Bonchev–Trinajstić information content (AvgIpc) is 3.04. The van der Waals surface area contributed by atoms with Gasteiger partial charge in [0.15, 0.2) is 0 Å². The van der Waals surface area contributed by atoms with E-state index in [0.717, 1.165) is 22.8 Å². The first-order valence-electron chi connectivity index (χ1n) is 10.8. The highest BCUT2D eigenvalue weighted by Gasteiger charge is 2.22. The van der Waals surface area contributed by atoms with Crippen molar-refractivity contribution < 1.29 is 0 Å². The van der Waals surface area contributed by atoms with Crippen molar-refractivity contribution in [3.63, 3.8) is 0 Å². The highest BCUT2D eigenvalue weighted by molar-refractivity contribution is 6.30. The Morgan fingerprint density at radius 1 is 0.767 bits per heavy atom. The Morgan fingerprint density at radius 2 is 1.63 bits per heavy atom. The molecule has 3 aromatic rings. The van der Waals surface area contributed by atoms with Crippen molar-refractivity contribution in [1.82, 2.24) is 0 Å². The van der Waals surface area contributed by atoms with E-state index < -0.39 is 0 Å². The number of hydrogen-bond donors (Lipinski definition) is 1. The monoisotopic (exact) mass is 412 g/mol. The van der Waals surface area contributed by atoms with Gasteiger partial charge in [0.2, 0.25) is 0 Å². The summed E-state index contributed by atoms with van der Waals surface area (Å²) in [6.45, 7) is 0. The normalized spacial score (nSPS) is 15.4. The van der Waals surface area contributed by atoms with Crippen LogP contribution in [0.15, 0.2) is 71.9 Å². The number of para-hydroxylation sites is 2. The summed E-state index contributed by atoms with van der Waals surface area (Å²) in [5, 5.41) is 3.98. The third kappa shape index (κ3) is 3.80. The maximum atomic E-state index is 6.12. The molecule has 0 unspecified atom stereocenters. The van der Waals surface area contributed by atoms with E-state index in [9.17, 15) is 0 Å². The van der Waals surface area contributed by atoms with E-state index in [4.69, 9.17) is 11.6 Å². The molecule has 6 rings (SSSR count). The van der Waals surface area contributed by atoms with Gasteiger partial charge >= 0.3 is 0 Å². The Hall–Kier alpha value is -2.84. The molecule has 1 aliphatic heterocycles. The van der Waals surface area contributed by atoms with Gasteiger partial charge in [-0.2, -0.15) is 0 Å². The number of allylic oxidation sites excluding steroid dienone is 1. The Labute approximate surface area is 183 Å². The third-order valence-corrected chi connectivity index (χ3v) is 6.43. The lowest BCUT2D eigenvalue weighted by molar-refractivity contribution is 0.676. The largest absolute Gasteiger partial charge is 0.360 e. The number of fused-ring (bicyclic) bond motifs is 6. The molecule has 150 valence electrons. The summed E-state index contributed by atoms with van der Waals surface area (Å²) in [5.74, 6) is 0. The van der Waals surface area contributed by atoms with Gasteiger partial charge in [0, 0.05) is 17.4 Å². The van der Waals surface area contributed by atoms with Crippen molar-refractivity contribution in [2.75, 3.05) is 5.32 Å². The first-order valence-corrected chi connectivity index (χ1v) is 11.1. The summed E-state index contributed by atoms with van der Waals surface area (Å²) in [7, 11) is 0. The van der Waals surface area contributed by atoms with Crippen molar-refractivity contribution in [3.8, 4) is 11.1 Å². The highest BCUT2D eigenvalue weighted by atomic mass is 35.5. The summed E-state index contributed by atoms with van der Waals surface area (Å²) >= 11 is 6.12. The minimum Gasteiger partial charge on any atom is -0.360 e. The molecule has 3 aliphatic rings. The van der Waals surface area contributed by atoms with Crippen molar-refractivity contribution >= 4 is 29.2 Å². The van der Waals surface area contributed by atoms with Crippen LogP contribution in [0, 0.1) is 0 Å². The van der Waals surface area contributed by atoms with Gasteiger partial charge in [-0.3, -0.25) is 4.99 Å². The number of benzene rings is 3. The molecule has 0 aromatic heterocycles. The fraction of sp³-hybridized carbons (Fsp3) is 0.222. The SMILES string of the molecule is C1=CNc2ccccc2N=C1.Clc1ccc2c(c1)CCc1c-2ccc2c1CCCC2. The molecule has 2 nitrogen and oxygen atoms in total. The van der Waals surface area contributed by atoms with E-state index in [1.54, 1.807) is 22.9 Å². The fourth-order valence-corrected chi connectivity index (χ4v) is 4.94. The molecule has 0 radical (unpaired) electrons. The smallest absolute Gasteiger partial charge is 0.0864 e. The van der Waals surface area contributed by atoms with E-state index in [2.05, 4.69) is 34.6 Å². The molecule has 0 amide bonds. The molecule has 0 bridgehead atoms. The molecule has 0 fully saturated rings. The summed E-state index contributed by atoms with van der Waals surface area (Å²) in [4.78, 5) is 4.21. The zero-order valence-electron chi connectivity index (χ0n) is 17.0. The van der Waals surface area contributed by atoms with Crippen LogP contribution in [0.2, 0.25) is 5.02 Å². The summed E-state index contributed by atoms with van der Waals surface area (Å²) in [6.07, 6.45) is 13.1. The number of aliphatic imine (C=N–C) groups is 1. The van der Waals surface area contributed by atoms with Crippen LogP contribution in [0.1, 0.15) is 35.1 Å². The van der Waals surface area contributed by atoms with E-state index in [1.807, 2.05) is 42.6 Å². The standard InChI is InChI=1S/C18H17Cl.C9H8N2/c19-14-7-10-16-13(11-14)6-9-17-15-4-2-1-3-12(15)5-8-18(16)17;1-2-5-9-8(4-1)10-6-3-7-11-9/h5,7-8,10-11H,1-4,6,9H2;1-7,10H. The van der Waals surface area contributed by atoms with Crippen LogP contribution >= 0.6 is 11.6 Å². The Bertz CT molecular complexity index is 1140. The van der Waals surface area contributed by atoms with Crippen LogP contribution in [0.25, 0.3) is 11.1 Å². The maximum Gasteiger partial charge on any atom is 0.0864 e. The maximum absolute atomic E-state index is 6.12. The van der Waals surface area contributed by atoms with E-state index >= 15 is 0 Å². The second-order valence-corrected chi connectivity index (χ2v) is 8.47. The second-order valence-electron chi connectivity index (χ2n) is 8.04. The second kappa shape index (κ2) is 8.49. The topological polar surface area (TPSA) is 24.4 Å². The molecule has 1 heterocycles. The van der Waals surface area contributed by atoms with Gasteiger partial charge in [-0.1, -0.05) is 41.9 Å². The Morgan fingerprint density at radius 3 is 2.60 bits per heavy atom. The predicted molar refractivity (Wildman–Crippen MR) is 128 cm³/mol. The molecule has 1 N–H and O–H groups in total. The number of anilines is 1. The zero-order chi connectivity index (χ0) is 20.3. The van der Waals surface area contributed by atoms with Gasteiger partial charge in [0.1, 0.15) is 0 Å². The molecule has 0 saturated carbocycles. The van der Waals surface area contributed by atoms with Gasteiger partial charge in [-0.05, 0) is 102 Å². The predicted octanol–water partition coefficient (Wildman–Crippen LogP) is 7.31. The van der Waals surface area contributed by atoms with Crippen LogP contribution < -0.4 is 5.32 Å². The summed E-state index contributed by atoms with van der Waals surface area (Å²) in [6, 6.07) is 19.0. The molecule has 3 heteroatoms. The molecule has 30 heavy (non-hydrogen) atoms. The van der Waals surface area contributed by atoms with E-state index in [0.29, 0.717) is 0 Å². The summed E-state index contributed by atoms with van der Waals surface area (Å²) < 4.78 is 0. The molecular weight excluding hydrogens is 388 g/mol. The van der Waals surface area contributed by atoms with Gasteiger partial charge in [-0.25, -0.2) is 0 Å². The number of halogens is 1. The number of rotatable bonds is 0. The quantitative estimate of drug-likeness (QED) is 0.411. The average molecular weight is 413 g/mol. The van der Waals surface area contributed by atoms with Gasteiger partial charge < -0.3 is 5.32 Å². The first-order chi connectivity index (χ1) is 14.8. The third-order valence-electron chi connectivity index (χ3n) is 6.19. The Kier molecular flexibility index (Phi) is 5.42. The summed E-state index contributed by atoms with van der Waals surface area (Å²) in [5.41, 5.74) is 11.2. The van der Waals surface area contributed by atoms with E-state index in [1.165, 1.54) is 48.8 Å². The fourth-order valence-electron chi connectivity index (χ4n) is 4.75. The minimum atomic E-state index is 0.861. The molecule has 3 aromatic carbocycles. The lowest BCUT2D eigenvalue weighted by atomic mass is 9.78. The first kappa shape index (κ1) is 19.1. The molecule has 0 atom stereocenters. The van der Waals surface area contributed by atoms with Gasteiger partial charge in [-0.15, -0.1) is 0 Å². The Balaban J connectivity index is 0.000000149. The lowest BCUT2D eigenvalue weighted by Gasteiger charge is -2.27. The van der Waals surface area contributed by atoms with Crippen molar-refractivity contribution in [3.05, 3.63) is 94.1 Å². The van der Waals surface area contributed by atoms with E-state index in [-0.39, 0.29) is 0 Å². The lowest BCUT2D eigenvalue weighted by Crippen LogP contribution is -2.12. The molecule has 0 saturated heterocycles. The molecule has 0 spiro atoms. The number of nitrogens with one attached hydrogen (secondary N) is 1. The van der Waals surface area contributed by atoms with Crippen molar-refractivity contribution in [1.29, 1.82) is 0 Å². The van der Waals surface area contributed by atoms with Crippen LogP contribution in [0.5, 0.6) is 0 Å². The zero-order valence-corrected chi connectivity index (χ0v) is 17.8. The molecular formula is C27H25ClN2. The minimum absolute atomic E-state index is 0.861.